The van der Waals surface area contributed by atoms with Crippen LogP contribution >= 0.6 is 0 Å². The molecule has 0 heterocycles. The second-order valence-corrected chi connectivity index (χ2v) is 2.03. The van der Waals surface area contributed by atoms with Crippen molar-refractivity contribution in [2.24, 2.45) is 0 Å². The molecule has 45 valence electrons. The highest BCUT2D eigenvalue weighted by atomic mass is 16.5. The van der Waals surface area contributed by atoms with Crippen molar-refractivity contribution in [2.75, 3.05) is 6.61 Å². The lowest BCUT2D eigenvalue weighted by atomic mass is 10.5. The predicted octanol–water partition coefficient (Wildman–Crippen LogP) is 0.918. The van der Waals surface area contributed by atoms with Crippen LogP contribution < -0.4 is 0 Å². The van der Waals surface area contributed by atoms with Crippen LogP contribution in [0, 0.1) is 5.92 Å². The van der Waals surface area contributed by atoms with E-state index >= 15 is 0 Å². The molecular weight excluding hydrogens is 104 g/mol. The maximum Gasteiger partial charge on any atom is 0.302 e. The molecule has 1 fully saturated rings. The van der Waals surface area contributed by atoms with Gasteiger partial charge in [0.1, 0.15) is 0 Å². The first kappa shape index (κ1) is 5.60. The molecule has 2 heteroatoms. The van der Waals surface area contributed by atoms with E-state index in [1.807, 2.05) is 0 Å². The van der Waals surface area contributed by atoms with Gasteiger partial charge < -0.3 is 4.74 Å². The van der Waals surface area contributed by atoms with Gasteiger partial charge >= 0.3 is 5.97 Å². The first-order chi connectivity index (χ1) is 3.79. The lowest BCUT2D eigenvalue weighted by Crippen LogP contribution is -2.00. The monoisotopic (exact) mass is 113 g/mol. The van der Waals surface area contributed by atoms with Crippen LogP contribution in [0.3, 0.4) is 0 Å². The van der Waals surface area contributed by atoms with Gasteiger partial charge in [0.2, 0.25) is 0 Å². The number of hydrogen-bond acceptors (Lipinski definition) is 2. The van der Waals surface area contributed by atoms with E-state index in [2.05, 4.69) is 4.74 Å². The van der Waals surface area contributed by atoms with Gasteiger partial charge in [0.25, 0.3) is 0 Å². The van der Waals surface area contributed by atoms with Gasteiger partial charge in [-0.3, -0.25) is 4.79 Å². The summed E-state index contributed by atoms with van der Waals surface area (Å²) in [6.07, 6.45) is 2.32. The molecule has 1 aliphatic carbocycles. The topological polar surface area (TPSA) is 26.3 Å². The standard InChI is InChI=1S/C6H9O2/c1-5(7)8-4-6-2-3-6/h2-4H2,1H3. The fraction of sp³-hybridized carbons (Fsp3) is 0.667. The Balaban J connectivity index is 1.95. The third-order valence-corrected chi connectivity index (χ3v) is 1.08. The minimum Gasteiger partial charge on any atom is -0.465 e. The molecule has 0 aromatic heterocycles. The zero-order valence-electron chi connectivity index (χ0n) is 4.94. The van der Waals surface area contributed by atoms with E-state index in [4.69, 9.17) is 0 Å². The fourth-order valence-corrected chi connectivity index (χ4v) is 0.436. The van der Waals surface area contributed by atoms with Crippen molar-refractivity contribution in [2.45, 2.75) is 19.8 Å². The molecule has 0 N–H and O–H groups in total. The second kappa shape index (κ2) is 2.16. The highest BCUT2D eigenvalue weighted by molar-refractivity contribution is 5.66. The van der Waals surface area contributed by atoms with E-state index in [-0.39, 0.29) is 5.97 Å². The quantitative estimate of drug-likeness (QED) is 0.498. The molecule has 1 radical (unpaired) electrons. The summed E-state index contributed by atoms with van der Waals surface area (Å²) in [5, 5.41) is 0. The third-order valence-electron chi connectivity index (χ3n) is 1.08. The molecular formula is C6H9O2. The zero-order chi connectivity index (χ0) is 5.98. The van der Waals surface area contributed by atoms with Crippen molar-refractivity contribution < 1.29 is 9.53 Å². The predicted molar refractivity (Wildman–Crippen MR) is 29.1 cm³/mol. The van der Waals surface area contributed by atoms with Crippen molar-refractivity contribution >= 4 is 5.97 Å². The molecule has 0 aromatic rings. The van der Waals surface area contributed by atoms with Gasteiger partial charge in [-0.25, -0.2) is 0 Å². The first-order valence-electron chi connectivity index (χ1n) is 2.76. The van der Waals surface area contributed by atoms with Crippen LogP contribution in [0.4, 0.5) is 0 Å². The van der Waals surface area contributed by atoms with E-state index in [1.54, 1.807) is 0 Å². The maximum atomic E-state index is 10.1. The van der Waals surface area contributed by atoms with E-state index in [1.165, 1.54) is 12.8 Å². The number of hydrogen-bond donors (Lipinski definition) is 0. The lowest BCUT2D eigenvalue weighted by Gasteiger charge is -1.95. The van der Waals surface area contributed by atoms with Crippen LogP contribution in [-0.2, 0) is 9.53 Å². The number of ether oxygens (including phenoxy) is 1. The van der Waals surface area contributed by atoms with E-state index in [0.29, 0.717) is 6.61 Å². The van der Waals surface area contributed by atoms with Gasteiger partial charge in [0.05, 0.1) is 6.61 Å². The van der Waals surface area contributed by atoms with Gasteiger partial charge in [0.15, 0.2) is 0 Å². The Hall–Kier alpha value is -0.530. The van der Waals surface area contributed by atoms with Crippen LogP contribution in [0.2, 0.25) is 0 Å². The summed E-state index contributed by atoms with van der Waals surface area (Å²) in [5.74, 6) is 1.18. The van der Waals surface area contributed by atoms with Gasteiger partial charge in [-0.2, -0.15) is 0 Å². The summed E-state index contributed by atoms with van der Waals surface area (Å²) in [6.45, 7) is 2.00. The molecule has 0 bridgehead atoms. The van der Waals surface area contributed by atoms with Crippen LogP contribution in [0.1, 0.15) is 19.8 Å². The largest absolute Gasteiger partial charge is 0.465 e. The molecule has 0 atom stereocenters. The molecule has 0 aromatic carbocycles. The summed E-state index contributed by atoms with van der Waals surface area (Å²) in [4.78, 5) is 10.1. The zero-order valence-corrected chi connectivity index (χ0v) is 4.94. The summed E-state index contributed by atoms with van der Waals surface area (Å²) < 4.78 is 4.69. The minimum absolute atomic E-state index is 0.176. The number of rotatable bonds is 2. The van der Waals surface area contributed by atoms with E-state index in [9.17, 15) is 4.79 Å². The average Bonchev–Trinajstić information content (AvgIpc) is 2.41. The highest BCUT2D eigenvalue weighted by Gasteiger charge is 2.22. The van der Waals surface area contributed by atoms with Gasteiger partial charge in [-0.15, -0.1) is 0 Å². The molecule has 0 saturated heterocycles. The van der Waals surface area contributed by atoms with Gasteiger partial charge in [-0.05, 0) is 12.8 Å². The Kier molecular flexibility index (Phi) is 1.51. The van der Waals surface area contributed by atoms with Crippen molar-refractivity contribution in [3.05, 3.63) is 5.92 Å². The van der Waals surface area contributed by atoms with E-state index < -0.39 is 0 Å². The first-order valence-corrected chi connectivity index (χ1v) is 2.76. The van der Waals surface area contributed by atoms with Gasteiger partial charge in [-0.1, -0.05) is 0 Å². The Morgan fingerprint density at radius 2 is 2.38 bits per heavy atom. The molecule has 8 heavy (non-hydrogen) atoms. The molecule has 1 aliphatic rings. The van der Waals surface area contributed by atoms with E-state index in [0.717, 1.165) is 12.8 Å². The Morgan fingerprint density at radius 3 is 2.75 bits per heavy atom. The Morgan fingerprint density at radius 1 is 1.75 bits per heavy atom. The lowest BCUT2D eigenvalue weighted by molar-refractivity contribution is -0.140. The fourth-order valence-electron chi connectivity index (χ4n) is 0.436. The summed E-state index contributed by atoms with van der Waals surface area (Å²) in [6, 6.07) is 0. The summed E-state index contributed by atoms with van der Waals surface area (Å²) in [5.41, 5.74) is 0. The maximum absolute atomic E-state index is 10.1. The van der Waals surface area contributed by atoms with Crippen molar-refractivity contribution in [1.29, 1.82) is 0 Å². The van der Waals surface area contributed by atoms with Crippen LogP contribution in [-0.4, -0.2) is 12.6 Å². The number of carbonyl (C=O) groups is 1. The molecule has 1 saturated carbocycles. The third kappa shape index (κ3) is 1.96. The number of esters is 1. The van der Waals surface area contributed by atoms with Crippen molar-refractivity contribution in [3.8, 4) is 0 Å². The summed E-state index contributed by atoms with van der Waals surface area (Å²) >= 11 is 0. The smallest absolute Gasteiger partial charge is 0.302 e. The molecule has 0 aliphatic heterocycles. The molecule has 0 amide bonds. The average molecular weight is 113 g/mol. The molecule has 0 spiro atoms. The second-order valence-electron chi connectivity index (χ2n) is 2.03. The SMILES string of the molecule is CC(=O)OC[C]1CC1. The molecule has 1 rings (SSSR count). The number of carbonyl (C=O) groups excluding carboxylic acids is 1. The Bertz CT molecular complexity index is 94.7. The normalized spacial score (nSPS) is 18.1. The highest BCUT2D eigenvalue weighted by Crippen LogP contribution is 2.31. The van der Waals surface area contributed by atoms with Crippen LogP contribution in [0.25, 0.3) is 0 Å². The summed E-state index contributed by atoms with van der Waals surface area (Å²) in [7, 11) is 0. The minimum atomic E-state index is -0.176. The van der Waals surface area contributed by atoms with Crippen LogP contribution in [0.15, 0.2) is 0 Å². The molecule has 0 unspecified atom stereocenters. The van der Waals surface area contributed by atoms with Crippen LogP contribution in [0.5, 0.6) is 0 Å². The Labute approximate surface area is 48.8 Å². The molecule has 2 nitrogen and oxygen atoms in total. The van der Waals surface area contributed by atoms with Gasteiger partial charge in [0, 0.05) is 12.8 Å². The van der Waals surface area contributed by atoms with Crippen molar-refractivity contribution in [1.82, 2.24) is 0 Å². The van der Waals surface area contributed by atoms with Crippen molar-refractivity contribution in [3.63, 3.8) is 0 Å².